The minimum absolute atomic E-state index is 0.0777. The summed E-state index contributed by atoms with van der Waals surface area (Å²) in [5.74, 6) is -4.31. The third kappa shape index (κ3) is 4.55. The first-order valence-corrected chi connectivity index (χ1v) is 6.66. The Morgan fingerprint density at radius 1 is 1.04 bits per heavy atom. The van der Waals surface area contributed by atoms with E-state index in [4.69, 9.17) is 4.74 Å². The molecule has 8 heteroatoms. The quantitative estimate of drug-likeness (QED) is 0.682. The van der Waals surface area contributed by atoms with Gasteiger partial charge >= 0.3 is 18.1 Å². The Kier molecular flexibility index (Phi) is 5.18. The predicted molar refractivity (Wildman–Crippen MR) is 76.6 cm³/mol. The monoisotopic (exact) mass is 341 g/mol. The van der Waals surface area contributed by atoms with Crippen molar-refractivity contribution in [3.63, 3.8) is 0 Å². The second-order valence-electron chi connectivity index (χ2n) is 4.71. The van der Waals surface area contributed by atoms with Gasteiger partial charge in [-0.25, -0.2) is 9.18 Å². The highest BCUT2D eigenvalue weighted by atomic mass is 19.4. The molecule has 0 aliphatic rings. The molecule has 1 amide bonds. The van der Waals surface area contributed by atoms with Gasteiger partial charge in [-0.05, 0) is 23.8 Å². The van der Waals surface area contributed by atoms with Gasteiger partial charge in [0.2, 0.25) is 0 Å². The molecule has 0 saturated heterocycles. The van der Waals surface area contributed by atoms with Crippen LogP contribution in [0.3, 0.4) is 0 Å². The Hall–Kier alpha value is -2.90. The van der Waals surface area contributed by atoms with Crippen molar-refractivity contribution in [2.75, 3.05) is 5.32 Å². The molecule has 0 unspecified atom stereocenters. The number of alkyl halides is 3. The van der Waals surface area contributed by atoms with Crippen molar-refractivity contribution in [3.05, 3.63) is 65.5 Å². The van der Waals surface area contributed by atoms with Crippen LogP contribution in [0.25, 0.3) is 0 Å². The number of carbonyl (C=O) groups is 2. The summed E-state index contributed by atoms with van der Waals surface area (Å²) < 4.78 is 55.1. The van der Waals surface area contributed by atoms with E-state index in [1.807, 2.05) is 0 Å². The van der Waals surface area contributed by atoms with Gasteiger partial charge in [0.05, 0.1) is 5.56 Å². The highest BCUT2D eigenvalue weighted by Gasteiger charge is 2.38. The molecule has 0 saturated carbocycles. The van der Waals surface area contributed by atoms with Crippen molar-refractivity contribution in [2.45, 2.75) is 12.8 Å². The van der Waals surface area contributed by atoms with Crippen LogP contribution in [0.2, 0.25) is 0 Å². The van der Waals surface area contributed by atoms with Crippen molar-refractivity contribution < 1.29 is 31.9 Å². The molecule has 2 aromatic carbocycles. The molecule has 24 heavy (non-hydrogen) atoms. The zero-order valence-electron chi connectivity index (χ0n) is 12.1. The predicted octanol–water partition coefficient (Wildman–Crippen LogP) is 3.68. The fourth-order valence-corrected chi connectivity index (χ4v) is 1.76. The fourth-order valence-electron chi connectivity index (χ4n) is 1.76. The van der Waals surface area contributed by atoms with Gasteiger partial charge in [-0.2, -0.15) is 13.2 Å². The molecular formula is C16H11F4NO3. The number of nitrogens with one attached hydrogen (secondary N) is 1. The van der Waals surface area contributed by atoms with Crippen LogP contribution in [-0.2, 0) is 16.1 Å². The fraction of sp³-hybridized carbons (Fsp3) is 0.125. The molecule has 0 aliphatic heterocycles. The number of esters is 1. The van der Waals surface area contributed by atoms with Crippen molar-refractivity contribution in [1.29, 1.82) is 0 Å². The van der Waals surface area contributed by atoms with Gasteiger partial charge in [0, 0.05) is 5.69 Å². The normalized spacial score (nSPS) is 11.0. The number of ether oxygens (including phenoxy) is 1. The van der Waals surface area contributed by atoms with Crippen LogP contribution >= 0.6 is 0 Å². The minimum atomic E-state index is -5.09. The van der Waals surface area contributed by atoms with Crippen LogP contribution < -0.4 is 5.32 Å². The van der Waals surface area contributed by atoms with E-state index in [9.17, 15) is 27.2 Å². The number of amides is 1. The molecule has 0 aliphatic carbocycles. The van der Waals surface area contributed by atoms with Gasteiger partial charge in [0.1, 0.15) is 12.4 Å². The lowest BCUT2D eigenvalue weighted by molar-refractivity contribution is -0.167. The summed E-state index contributed by atoms with van der Waals surface area (Å²) in [5.41, 5.74) is -0.175. The topological polar surface area (TPSA) is 55.4 Å². The summed E-state index contributed by atoms with van der Waals surface area (Å²) in [6.45, 7) is -0.0777. The Balaban J connectivity index is 2.03. The number of carbonyl (C=O) groups excluding carboxylic acids is 2. The highest BCUT2D eigenvalue weighted by Crippen LogP contribution is 2.20. The molecule has 0 spiro atoms. The lowest BCUT2D eigenvalue weighted by Crippen LogP contribution is -2.30. The second kappa shape index (κ2) is 7.12. The maximum Gasteiger partial charge on any atom is 0.471 e. The van der Waals surface area contributed by atoms with Crippen LogP contribution in [0, 0.1) is 5.82 Å². The largest absolute Gasteiger partial charge is 0.471 e. The summed E-state index contributed by atoms with van der Waals surface area (Å²) >= 11 is 0. The van der Waals surface area contributed by atoms with E-state index in [0.717, 1.165) is 12.1 Å². The van der Waals surface area contributed by atoms with Crippen LogP contribution in [0.15, 0.2) is 48.5 Å². The third-order valence-corrected chi connectivity index (χ3v) is 2.92. The average molecular weight is 341 g/mol. The van der Waals surface area contributed by atoms with E-state index in [2.05, 4.69) is 0 Å². The van der Waals surface area contributed by atoms with Crippen molar-refractivity contribution >= 4 is 17.6 Å². The summed E-state index contributed by atoms with van der Waals surface area (Å²) in [5, 5.41) is 1.49. The number of anilines is 1. The van der Waals surface area contributed by atoms with E-state index in [1.54, 1.807) is 30.3 Å². The molecule has 4 nitrogen and oxygen atoms in total. The molecule has 0 bridgehead atoms. The second-order valence-corrected chi connectivity index (χ2v) is 4.71. The van der Waals surface area contributed by atoms with Crippen LogP contribution in [0.5, 0.6) is 0 Å². The Morgan fingerprint density at radius 3 is 2.29 bits per heavy atom. The number of hydrogen-bond acceptors (Lipinski definition) is 3. The number of rotatable bonds is 4. The molecule has 0 aromatic heterocycles. The molecule has 0 fully saturated rings. The number of halogens is 4. The van der Waals surface area contributed by atoms with Gasteiger partial charge in [-0.1, -0.05) is 30.3 Å². The number of hydrogen-bond donors (Lipinski definition) is 1. The smallest absolute Gasteiger partial charge is 0.457 e. The van der Waals surface area contributed by atoms with Gasteiger partial charge in [-0.3, -0.25) is 4.79 Å². The highest BCUT2D eigenvalue weighted by molar-refractivity contribution is 5.96. The maximum absolute atomic E-state index is 13.8. The molecule has 2 rings (SSSR count). The maximum atomic E-state index is 13.8. The van der Waals surface area contributed by atoms with Gasteiger partial charge in [-0.15, -0.1) is 0 Å². The molecule has 126 valence electrons. The Bertz CT molecular complexity index is 745. The van der Waals surface area contributed by atoms with Gasteiger partial charge < -0.3 is 10.1 Å². The molecule has 1 N–H and O–H groups in total. The molecule has 0 radical (unpaired) electrons. The van der Waals surface area contributed by atoms with E-state index in [1.165, 1.54) is 5.32 Å². The summed E-state index contributed by atoms with van der Waals surface area (Å²) in [4.78, 5) is 22.6. The van der Waals surface area contributed by atoms with E-state index >= 15 is 0 Å². The molecule has 0 heterocycles. The molecule has 0 atom stereocenters. The van der Waals surface area contributed by atoms with E-state index < -0.39 is 35.1 Å². The lowest BCUT2D eigenvalue weighted by Gasteiger charge is -2.10. The minimum Gasteiger partial charge on any atom is -0.457 e. The van der Waals surface area contributed by atoms with Crippen LogP contribution in [0.4, 0.5) is 23.2 Å². The molecule has 2 aromatic rings. The zero-order valence-corrected chi connectivity index (χ0v) is 12.1. The van der Waals surface area contributed by atoms with Crippen molar-refractivity contribution in [3.8, 4) is 0 Å². The first kappa shape index (κ1) is 17.5. The summed E-state index contributed by atoms with van der Waals surface area (Å²) in [6.07, 6.45) is -5.09. The van der Waals surface area contributed by atoms with Crippen molar-refractivity contribution in [2.24, 2.45) is 0 Å². The lowest BCUT2D eigenvalue weighted by atomic mass is 10.2. The standard InChI is InChI=1S/C16H11F4NO3/c17-13-8-11(21-15(23)16(18,19)20)6-7-12(13)14(22)24-9-10-4-2-1-3-5-10/h1-8H,9H2,(H,21,23). The van der Waals surface area contributed by atoms with Gasteiger partial charge in [0.25, 0.3) is 0 Å². The van der Waals surface area contributed by atoms with Crippen LogP contribution in [-0.4, -0.2) is 18.1 Å². The number of benzene rings is 2. The summed E-state index contributed by atoms with van der Waals surface area (Å²) in [6, 6.07) is 11.2. The van der Waals surface area contributed by atoms with E-state index in [-0.39, 0.29) is 6.61 Å². The first-order chi connectivity index (χ1) is 11.3. The Morgan fingerprint density at radius 2 is 1.71 bits per heavy atom. The van der Waals surface area contributed by atoms with E-state index in [0.29, 0.717) is 11.6 Å². The first-order valence-electron chi connectivity index (χ1n) is 6.66. The van der Waals surface area contributed by atoms with Crippen molar-refractivity contribution in [1.82, 2.24) is 0 Å². The average Bonchev–Trinajstić information content (AvgIpc) is 2.53. The van der Waals surface area contributed by atoms with Gasteiger partial charge in [0.15, 0.2) is 0 Å². The molecular weight excluding hydrogens is 330 g/mol. The third-order valence-electron chi connectivity index (χ3n) is 2.92. The summed E-state index contributed by atoms with van der Waals surface area (Å²) in [7, 11) is 0. The zero-order chi connectivity index (χ0) is 17.7. The Labute approximate surface area is 134 Å². The SMILES string of the molecule is O=C(OCc1ccccc1)c1ccc(NC(=O)C(F)(F)F)cc1F. The van der Waals surface area contributed by atoms with Crippen LogP contribution in [0.1, 0.15) is 15.9 Å².